The molecule has 6 heteroatoms. The van der Waals surface area contributed by atoms with Crippen molar-refractivity contribution in [3.63, 3.8) is 0 Å². The van der Waals surface area contributed by atoms with Gasteiger partial charge in [-0.1, -0.05) is 18.2 Å². The van der Waals surface area contributed by atoms with Gasteiger partial charge < -0.3 is 14.2 Å². The molecule has 0 atom stereocenters. The van der Waals surface area contributed by atoms with Crippen molar-refractivity contribution in [3.8, 4) is 23.1 Å². The Kier molecular flexibility index (Phi) is 5.22. The summed E-state index contributed by atoms with van der Waals surface area (Å²) in [6.45, 7) is 2.26. The minimum atomic E-state index is 0.330. The second-order valence-corrected chi connectivity index (χ2v) is 5.77. The summed E-state index contributed by atoms with van der Waals surface area (Å²) in [7, 11) is 3.45. The van der Waals surface area contributed by atoms with Gasteiger partial charge in [0.05, 0.1) is 12.7 Å². The fraction of sp³-hybridized carbons (Fsp3) is 0.200. The van der Waals surface area contributed by atoms with Crippen molar-refractivity contribution < 1.29 is 19.0 Å². The predicted molar refractivity (Wildman–Crippen MR) is 97.2 cm³/mol. The molecular weight excluding hydrogens is 332 g/mol. The Balaban J connectivity index is 1.77. The van der Waals surface area contributed by atoms with Crippen molar-refractivity contribution in [2.75, 3.05) is 7.11 Å². The van der Waals surface area contributed by atoms with Gasteiger partial charge in [-0.3, -0.25) is 9.48 Å². The number of hydrogen-bond donors (Lipinski definition) is 0. The monoisotopic (exact) mass is 352 g/mol. The highest BCUT2D eigenvalue weighted by atomic mass is 16.5. The Morgan fingerprint density at radius 3 is 2.46 bits per heavy atom. The molecule has 0 aliphatic heterocycles. The molecule has 6 nitrogen and oxygen atoms in total. The van der Waals surface area contributed by atoms with E-state index in [9.17, 15) is 4.79 Å². The summed E-state index contributed by atoms with van der Waals surface area (Å²) in [5.74, 6) is 2.08. The van der Waals surface area contributed by atoms with E-state index in [4.69, 9.17) is 14.2 Å². The summed E-state index contributed by atoms with van der Waals surface area (Å²) in [5.41, 5.74) is 2.28. The second-order valence-electron chi connectivity index (χ2n) is 5.77. The molecule has 0 spiro atoms. The minimum Gasteiger partial charge on any atom is -0.497 e. The number of ether oxygens (including phenoxy) is 3. The highest BCUT2D eigenvalue weighted by Gasteiger charge is 2.13. The lowest BCUT2D eigenvalue weighted by Crippen LogP contribution is -2.00. The molecule has 2 aromatic carbocycles. The van der Waals surface area contributed by atoms with Gasteiger partial charge in [-0.15, -0.1) is 5.10 Å². The Labute approximate surface area is 151 Å². The number of aromatic nitrogens is 2. The zero-order valence-corrected chi connectivity index (χ0v) is 14.9. The zero-order chi connectivity index (χ0) is 18.5. The third-order valence-corrected chi connectivity index (χ3v) is 4.00. The average molecular weight is 352 g/mol. The molecule has 0 aliphatic carbocycles. The van der Waals surface area contributed by atoms with Gasteiger partial charge in [0.1, 0.15) is 23.9 Å². The molecule has 134 valence electrons. The van der Waals surface area contributed by atoms with Crippen molar-refractivity contribution >= 4 is 6.29 Å². The van der Waals surface area contributed by atoms with E-state index < -0.39 is 0 Å². The van der Waals surface area contributed by atoms with Crippen LogP contribution in [0.2, 0.25) is 0 Å². The Bertz CT molecular complexity index is 881. The summed E-state index contributed by atoms with van der Waals surface area (Å²) < 4.78 is 18.4. The smallest absolute Gasteiger partial charge is 0.238 e. The summed E-state index contributed by atoms with van der Waals surface area (Å²) in [6.07, 6.45) is 0.731. The van der Waals surface area contributed by atoms with Crippen LogP contribution in [0.1, 0.15) is 21.6 Å². The fourth-order valence-electron chi connectivity index (χ4n) is 2.43. The molecule has 0 saturated heterocycles. The molecule has 3 aromatic rings. The summed E-state index contributed by atoms with van der Waals surface area (Å²) >= 11 is 0. The number of methoxy groups -OCH3 is 1. The quantitative estimate of drug-likeness (QED) is 0.603. The SMILES string of the molecule is COc1ccc(COc2cccc(Oc3cc(C)n(C)n3)c2C=O)cc1. The highest BCUT2D eigenvalue weighted by Crippen LogP contribution is 2.31. The molecule has 0 aliphatic rings. The molecule has 0 fully saturated rings. The maximum atomic E-state index is 11.6. The van der Waals surface area contributed by atoms with Gasteiger partial charge >= 0.3 is 0 Å². The molecule has 1 aromatic heterocycles. The van der Waals surface area contributed by atoms with Crippen LogP contribution in [0.25, 0.3) is 0 Å². The number of carbonyl (C=O) groups excluding carboxylic acids is 1. The Morgan fingerprint density at radius 2 is 1.85 bits per heavy atom. The van der Waals surface area contributed by atoms with Gasteiger partial charge in [0.15, 0.2) is 6.29 Å². The van der Waals surface area contributed by atoms with E-state index in [1.54, 1.807) is 36.1 Å². The van der Waals surface area contributed by atoms with Gasteiger partial charge in [-0.05, 0) is 36.8 Å². The van der Waals surface area contributed by atoms with Crippen LogP contribution in [0.4, 0.5) is 0 Å². The maximum absolute atomic E-state index is 11.6. The van der Waals surface area contributed by atoms with Crippen LogP contribution in [0.3, 0.4) is 0 Å². The largest absolute Gasteiger partial charge is 0.497 e. The topological polar surface area (TPSA) is 62.6 Å². The van der Waals surface area contributed by atoms with Gasteiger partial charge in [0, 0.05) is 18.8 Å². The summed E-state index contributed by atoms with van der Waals surface area (Å²) in [4.78, 5) is 11.6. The number of benzene rings is 2. The van der Waals surface area contributed by atoms with Gasteiger partial charge in [-0.2, -0.15) is 0 Å². The van der Waals surface area contributed by atoms with Crippen LogP contribution in [-0.4, -0.2) is 23.2 Å². The first-order valence-corrected chi connectivity index (χ1v) is 8.13. The van der Waals surface area contributed by atoms with Crippen LogP contribution in [-0.2, 0) is 13.7 Å². The number of nitrogens with zero attached hydrogens (tertiary/aromatic N) is 2. The fourth-order valence-corrected chi connectivity index (χ4v) is 2.43. The lowest BCUT2D eigenvalue weighted by molar-refractivity contribution is 0.111. The lowest BCUT2D eigenvalue weighted by Gasteiger charge is -2.12. The van der Waals surface area contributed by atoms with Gasteiger partial charge in [-0.25, -0.2) is 0 Å². The predicted octanol–water partition coefficient (Wildman–Crippen LogP) is 3.92. The van der Waals surface area contributed by atoms with Gasteiger partial charge in [0.2, 0.25) is 5.88 Å². The van der Waals surface area contributed by atoms with Crippen molar-refractivity contribution in [2.45, 2.75) is 13.5 Å². The molecule has 0 radical (unpaired) electrons. The molecule has 26 heavy (non-hydrogen) atoms. The van der Waals surface area contributed by atoms with E-state index in [1.807, 2.05) is 38.2 Å². The molecule has 1 heterocycles. The molecule has 0 amide bonds. The molecule has 0 saturated carbocycles. The third kappa shape index (κ3) is 3.85. The number of aryl methyl sites for hydroxylation is 2. The number of hydrogen-bond acceptors (Lipinski definition) is 5. The summed E-state index contributed by atoms with van der Waals surface area (Å²) in [5, 5.41) is 4.25. The highest BCUT2D eigenvalue weighted by molar-refractivity contribution is 5.83. The van der Waals surface area contributed by atoms with E-state index in [-0.39, 0.29) is 0 Å². The Hall–Kier alpha value is -3.28. The van der Waals surface area contributed by atoms with Crippen LogP contribution in [0, 0.1) is 6.92 Å². The van der Waals surface area contributed by atoms with Crippen LogP contribution < -0.4 is 14.2 Å². The number of carbonyl (C=O) groups is 1. The minimum absolute atomic E-state index is 0.330. The van der Waals surface area contributed by atoms with E-state index in [0.717, 1.165) is 23.3 Å². The van der Waals surface area contributed by atoms with E-state index in [2.05, 4.69) is 5.10 Å². The van der Waals surface area contributed by atoms with Crippen molar-refractivity contribution in [3.05, 3.63) is 65.4 Å². The van der Waals surface area contributed by atoms with Crippen LogP contribution in [0.5, 0.6) is 23.1 Å². The molecule has 0 unspecified atom stereocenters. The van der Waals surface area contributed by atoms with E-state index >= 15 is 0 Å². The molecule has 3 rings (SSSR count). The third-order valence-electron chi connectivity index (χ3n) is 4.00. The first-order valence-electron chi connectivity index (χ1n) is 8.13. The lowest BCUT2D eigenvalue weighted by atomic mass is 10.2. The second kappa shape index (κ2) is 7.74. The van der Waals surface area contributed by atoms with Crippen molar-refractivity contribution in [1.29, 1.82) is 0 Å². The zero-order valence-electron chi connectivity index (χ0n) is 14.9. The Morgan fingerprint density at radius 1 is 1.12 bits per heavy atom. The van der Waals surface area contributed by atoms with Crippen LogP contribution >= 0.6 is 0 Å². The van der Waals surface area contributed by atoms with Crippen molar-refractivity contribution in [2.24, 2.45) is 7.05 Å². The molecule has 0 N–H and O–H groups in total. The normalized spacial score (nSPS) is 10.4. The number of rotatable bonds is 7. The first kappa shape index (κ1) is 17.5. The van der Waals surface area contributed by atoms with E-state index in [1.165, 1.54) is 0 Å². The first-order chi connectivity index (χ1) is 12.6. The standard InChI is InChI=1S/C20H20N2O4/c1-14-11-20(21-22(14)2)26-19-6-4-5-18(17(19)12-23)25-13-15-7-9-16(24-3)10-8-15/h4-12H,13H2,1-3H3. The number of aldehydes is 1. The summed E-state index contributed by atoms with van der Waals surface area (Å²) in [6, 6.07) is 14.6. The average Bonchev–Trinajstić information content (AvgIpc) is 2.97. The van der Waals surface area contributed by atoms with Crippen LogP contribution in [0.15, 0.2) is 48.5 Å². The van der Waals surface area contributed by atoms with E-state index in [0.29, 0.717) is 29.5 Å². The maximum Gasteiger partial charge on any atom is 0.238 e. The molecular formula is C20H20N2O4. The van der Waals surface area contributed by atoms with Crippen molar-refractivity contribution in [1.82, 2.24) is 9.78 Å². The van der Waals surface area contributed by atoms with Gasteiger partial charge in [0.25, 0.3) is 0 Å². The molecule has 0 bridgehead atoms.